The molecule has 1 saturated heterocycles. The van der Waals surface area contributed by atoms with Crippen molar-refractivity contribution >= 4 is 17.3 Å². The van der Waals surface area contributed by atoms with Gasteiger partial charge in [-0.15, -0.1) is 0 Å². The van der Waals surface area contributed by atoms with Crippen LogP contribution in [-0.2, 0) is 6.54 Å². The molecule has 0 radical (unpaired) electrons. The smallest absolute Gasteiger partial charge is 0.170 e. The van der Waals surface area contributed by atoms with Gasteiger partial charge in [0.1, 0.15) is 5.82 Å². The van der Waals surface area contributed by atoms with Crippen molar-refractivity contribution in [3.63, 3.8) is 0 Å². The molecule has 0 spiro atoms. The fraction of sp³-hybridized carbons (Fsp3) is 0.125. The van der Waals surface area contributed by atoms with Crippen molar-refractivity contribution in [1.82, 2.24) is 24.8 Å². The fourth-order valence-electron chi connectivity index (χ4n) is 4.09. The summed E-state index contributed by atoms with van der Waals surface area (Å²) in [4.78, 5) is 10.9. The van der Waals surface area contributed by atoms with E-state index >= 15 is 0 Å². The molecule has 7 heteroatoms. The molecule has 154 valence electrons. The van der Waals surface area contributed by atoms with Crippen LogP contribution in [0.25, 0.3) is 5.69 Å². The van der Waals surface area contributed by atoms with Crippen LogP contribution >= 0.6 is 12.2 Å². The molecule has 4 heterocycles. The molecule has 1 fully saturated rings. The Morgan fingerprint density at radius 3 is 2.61 bits per heavy atom. The lowest BCUT2D eigenvalue weighted by atomic mass is 10.0. The number of pyridine rings is 2. The number of nitrogens with zero attached hydrogens (tertiary/aromatic N) is 4. The maximum Gasteiger partial charge on any atom is 0.170 e. The van der Waals surface area contributed by atoms with E-state index in [0.717, 1.165) is 17.0 Å². The van der Waals surface area contributed by atoms with Crippen molar-refractivity contribution in [2.24, 2.45) is 0 Å². The second-order valence-electron chi connectivity index (χ2n) is 7.37. The van der Waals surface area contributed by atoms with Crippen LogP contribution in [0.4, 0.5) is 4.39 Å². The Labute approximate surface area is 185 Å². The molecule has 3 aromatic heterocycles. The first-order chi connectivity index (χ1) is 15.2. The van der Waals surface area contributed by atoms with Gasteiger partial charge in [0.15, 0.2) is 5.11 Å². The summed E-state index contributed by atoms with van der Waals surface area (Å²) < 4.78 is 16.6. The molecule has 2 atom stereocenters. The molecule has 1 N–H and O–H groups in total. The van der Waals surface area contributed by atoms with Crippen molar-refractivity contribution < 1.29 is 4.39 Å². The molecule has 1 aliphatic rings. The number of para-hydroxylation sites is 1. The summed E-state index contributed by atoms with van der Waals surface area (Å²) >= 11 is 5.74. The predicted molar refractivity (Wildman–Crippen MR) is 121 cm³/mol. The monoisotopic (exact) mass is 429 g/mol. The zero-order valence-corrected chi connectivity index (χ0v) is 17.4. The highest BCUT2D eigenvalue weighted by atomic mass is 32.1. The summed E-state index contributed by atoms with van der Waals surface area (Å²) in [6, 6.07) is 20.1. The highest BCUT2D eigenvalue weighted by Crippen LogP contribution is 2.40. The number of aromatic nitrogens is 3. The van der Waals surface area contributed by atoms with E-state index in [4.69, 9.17) is 12.2 Å². The number of rotatable bonds is 5. The molecular formula is C24H20FN5S. The zero-order chi connectivity index (χ0) is 21.2. The van der Waals surface area contributed by atoms with E-state index in [1.165, 1.54) is 6.07 Å². The van der Waals surface area contributed by atoms with Gasteiger partial charge in [0.2, 0.25) is 0 Å². The van der Waals surface area contributed by atoms with Gasteiger partial charge in [0.25, 0.3) is 0 Å². The maximum absolute atomic E-state index is 14.7. The average molecular weight is 430 g/mol. The second-order valence-corrected chi connectivity index (χ2v) is 7.76. The lowest BCUT2D eigenvalue weighted by molar-refractivity contribution is 0.301. The molecule has 4 aromatic rings. The molecule has 0 amide bonds. The van der Waals surface area contributed by atoms with E-state index < -0.39 is 0 Å². The number of benzene rings is 1. The first-order valence-corrected chi connectivity index (χ1v) is 10.4. The van der Waals surface area contributed by atoms with Crippen LogP contribution in [-0.4, -0.2) is 24.5 Å². The standard InChI is InChI=1S/C24H20FN5S/c25-18-8-1-2-10-20(18)29-14-6-11-21(29)23-22(19-9-3-4-13-27-19)28-24(31)30(23)16-17-7-5-12-26-15-17/h1-15,22-23H,16H2,(H,28,31)/t22-,23-/m0/s1. The van der Waals surface area contributed by atoms with Crippen molar-refractivity contribution in [2.75, 3.05) is 0 Å². The SMILES string of the molecule is Fc1ccccc1-n1cccc1[C@H]1[C@H](c2ccccn2)NC(=S)N1Cc1cccnc1. The van der Waals surface area contributed by atoms with Gasteiger partial charge in [0.05, 0.1) is 23.5 Å². The van der Waals surface area contributed by atoms with Crippen LogP contribution in [0.1, 0.15) is 29.0 Å². The highest BCUT2D eigenvalue weighted by Gasteiger charge is 2.41. The van der Waals surface area contributed by atoms with Crippen LogP contribution in [0.15, 0.2) is 91.5 Å². The Hall–Kier alpha value is -3.58. The molecule has 1 aromatic carbocycles. The topological polar surface area (TPSA) is 46.0 Å². The van der Waals surface area contributed by atoms with Gasteiger partial charge in [-0.05, 0) is 60.2 Å². The van der Waals surface area contributed by atoms with Gasteiger partial charge in [-0.25, -0.2) is 4.39 Å². The molecule has 0 aliphatic carbocycles. The lowest BCUT2D eigenvalue weighted by Gasteiger charge is -2.29. The minimum absolute atomic E-state index is 0.175. The van der Waals surface area contributed by atoms with Gasteiger partial charge in [0, 0.05) is 37.0 Å². The number of nitrogens with one attached hydrogen (secondary N) is 1. The number of hydrogen-bond acceptors (Lipinski definition) is 3. The maximum atomic E-state index is 14.7. The lowest BCUT2D eigenvalue weighted by Crippen LogP contribution is -2.30. The van der Waals surface area contributed by atoms with Gasteiger partial charge in [-0.3, -0.25) is 9.97 Å². The first-order valence-electron chi connectivity index (χ1n) is 10.0. The summed E-state index contributed by atoms with van der Waals surface area (Å²) in [5, 5.41) is 4.07. The van der Waals surface area contributed by atoms with Gasteiger partial charge in [-0.1, -0.05) is 24.3 Å². The molecule has 1 aliphatic heterocycles. The van der Waals surface area contributed by atoms with Gasteiger partial charge in [-0.2, -0.15) is 0 Å². The number of hydrogen-bond donors (Lipinski definition) is 1. The van der Waals surface area contributed by atoms with Crippen LogP contribution in [0.3, 0.4) is 0 Å². The van der Waals surface area contributed by atoms with E-state index in [2.05, 4.69) is 20.2 Å². The summed E-state index contributed by atoms with van der Waals surface area (Å²) in [5.74, 6) is -0.276. The minimum Gasteiger partial charge on any atom is -0.352 e. The van der Waals surface area contributed by atoms with Crippen LogP contribution < -0.4 is 5.32 Å². The van der Waals surface area contributed by atoms with Crippen molar-refractivity contribution in [2.45, 2.75) is 18.6 Å². The quantitative estimate of drug-likeness (QED) is 0.471. The van der Waals surface area contributed by atoms with Gasteiger partial charge >= 0.3 is 0 Å². The second kappa shape index (κ2) is 8.28. The zero-order valence-electron chi connectivity index (χ0n) is 16.6. The third kappa shape index (κ3) is 3.68. The van der Waals surface area contributed by atoms with Gasteiger partial charge < -0.3 is 14.8 Å². The van der Waals surface area contributed by atoms with Crippen LogP contribution in [0.5, 0.6) is 0 Å². The normalized spacial score (nSPS) is 18.2. The Morgan fingerprint density at radius 1 is 0.968 bits per heavy atom. The van der Waals surface area contributed by atoms with E-state index in [1.54, 1.807) is 24.5 Å². The Balaban J connectivity index is 1.62. The molecule has 31 heavy (non-hydrogen) atoms. The average Bonchev–Trinajstić information content (AvgIpc) is 3.40. The summed E-state index contributed by atoms with van der Waals surface area (Å²) in [7, 11) is 0. The van der Waals surface area contributed by atoms with Crippen molar-refractivity contribution in [3.05, 3.63) is 114 Å². The van der Waals surface area contributed by atoms with Crippen molar-refractivity contribution in [3.8, 4) is 5.69 Å². The highest BCUT2D eigenvalue weighted by molar-refractivity contribution is 7.80. The van der Waals surface area contributed by atoms with E-state index in [9.17, 15) is 4.39 Å². The van der Waals surface area contributed by atoms with E-state index in [0.29, 0.717) is 17.3 Å². The van der Waals surface area contributed by atoms with E-state index in [-0.39, 0.29) is 17.9 Å². The Bertz CT molecular complexity index is 1190. The van der Waals surface area contributed by atoms with Crippen LogP contribution in [0.2, 0.25) is 0 Å². The third-order valence-electron chi connectivity index (χ3n) is 5.47. The number of thiocarbonyl (C=S) groups is 1. The third-order valence-corrected chi connectivity index (χ3v) is 5.82. The molecule has 5 rings (SSSR count). The summed E-state index contributed by atoms with van der Waals surface area (Å²) in [6.45, 7) is 0.579. The molecular weight excluding hydrogens is 409 g/mol. The van der Waals surface area contributed by atoms with Crippen molar-refractivity contribution in [1.29, 1.82) is 0 Å². The predicted octanol–water partition coefficient (Wildman–Crippen LogP) is 4.58. The largest absolute Gasteiger partial charge is 0.352 e. The Morgan fingerprint density at radius 2 is 1.84 bits per heavy atom. The first kappa shape index (κ1) is 19.4. The van der Waals surface area contributed by atoms with Crippen LogP contribution in [0, 0.1) is 5.82 Å². The Kier molecular flexibility index (Phi) is 5.18. The molecule has 0 unspecified atom stereocenters. The van der Waals surface area contributed by atoms with E-state index in [1.807, 2.05) is 65.5 Å². The minimum atomic E-state index is -0.276. The molecule has 0 bridgehead atoms. The summed E-state index contributed by atoms with van der Waals surface area (Å²) in [5.41, 5.74) is 3.35. The summed E-state index contributed by atoms with van der Waals surface area (Å²) in [6.07, 6.45) is 7.24. The molecule has 5 nitrogen and oxygen atoms in total. The number of halogens is 1. The fourth-order valence-corrected chi connectivity index (χ4v) is 4.39. The molecule has 0 saturated carbocycles.